The molecule has 158 valence electrons. The van der Waals surface area contributed by atoms with Crippen molar-refractivity contribution in [3.63, 3.8) is 0 Å². The second kappa shape index (κ2) is 8.12. The van der Waals surface area contributed by atoms with Crippen LogP contribution in [0.25, 0.3) is 22.3 Å². The quantitative estimate of drug-likeness (QED) is 0.415. The van der Waals surface area contributed by atoms with Crippen LogP contribution in [0.5, 0.6) is 0 Å². The number of imidazole rings is 1. The number of aromatic amines is 1. The predicted molar refractivity (Wildman–Crippen MR) is 120 cm³/mol. The topological polar surface area (TPSA) is 73.8 Å². The molecule has 4 aromatic rings. The number of anilines is 1. The van der Waals surface area contributed by atoms with E-state index in [9.17, 15) is 9.50 Å². The molecule has 0 atom stereocenters. The summed E-state index contributed by atoms with van der Waals surface area (Å²) in [5.74, 6) is 0.948. The van der Waals surface area contributed by atoms with Crippen molar-refractivity contribution in [2.45, 2.75) is 37.2 Å². The first-order valence-electron chi connectivity index (χ1n) is 10.7. The summed E-state index contributed by atoms with van der Waals surface area (Å²) in [5, 5.41) is 14.0. The molecule has 2 aromatic heterocycles. The Morgan fingerprint density at radius 3 is 2.65 bits per heavy atom. The molecule has 31 heavy (non-hydrogen) atoms. The lowest BCUT2D eigenvalue weighted by Gasteiger charge is -2.35. The normalized spacial score (nSPS) is 21.3. The van der Waals surface area contributed by atoms with E-state index in [4.69, 9.17) is 4.98 Å². The maximum Gasteiger partial charge on any atom is 0.146 e. The minimum Gasteiger partial charge on any atom is -0.388 e. The zero-order chi connectivity index (χ0) is 21.3. The Labute approximate surface area is 180 Å². The SMILES string of the molecule is OC1(CNc2ccccc2F)CCC(c2nc3ccc(-c4ccccn4)cc3[nH]2)CC1. The minimum absolute atomic E-state index is 0.277. The molecule has 0 saturated heterocycles. The highest BCUT2D eigenvalue weighted by Gasteiger charge is 2.34. The Morgan fingerprint density at radius 1 is 1.06 bits per heavy atom. The van der Waals surface area contributed by atoms with Gasteiger partial charge in [0.05, 0.1) is 28.0 Å². The average Bonchev–Trinajstić information content (AvgIpc) is 3.23. The van der Waals surface area contributed by atoms with Gasteiger partial charge < -0.3 is 15.4 Å². The number of aromatic nitrogens is 3. The lowest BCUT2D eigenvalue weighted by molar-refractivity contribution is 0.0109. The molecule has 6 heteroatoms. The van der Waals surface area contributed by atoms with Crippen LogP contribution in [0.4, 0.5) is 10.1 Å². The molecular weight excluding hydrogens is 391 g/mol. The van der Waals surface area contributed by atoms with Gasteiger partial charge in [0, 0.05) is 24.2 Å². The number of nitrogens with one attached hydrogen (secondary N) is 2. The molecule has 1 aliphatic rings. The van der Waals surface area contributed by atoms with Crippen molar-refractivity contribution in [1.29, 1.82) is 0 Å². The summed E-state index contributed by atoms with van der Waals surface area (Å²) in [6.07, 6.45) is 4.76. The number of fused-ring (bicyclic) bond motifs is 1. The number of rotatable bonds is 5. The number of para-hydroxylation sites is 1. The van der Waals surface area contributed by atoms with Crippen LogP contribution in [0.15, 0.2) is 66.9 Å². The molecule has 0 bridgehead atoms. The van der Waals surface area contributed by atoms with Crippen LogP contribution in [-0.2, 0) is 0 Å². The van der Waals surface area contributed by atoms with Crippen LogP contribution < -0.4 is 5.32 Å². The molecular formula is C25H25FN4O. The molecule has 0 spiro atoms. The Morgan fingerprint density at radius 2 is 1.87 bits per heavy atom. The van der Waals surface area contributed by atoms with Crippen molar-refractivity contribution in [2.75, 3.05) is 11.9 Å². The second-order valence-electron chi connectivity index (χ2n) is 8.40. The van der Waals surface area contributed by atoms with Crippen LogP contribution in [0.1, 0.15) is 37.4 Å². The van der Waals surface area contributed by atoms with Gasteiger partial charge in [-0.1, -0.05) is 24.3 Å². The standard InChI is InChI=1S/C25H25FN4O/c26-19-5-1-2-7-21(19)28-16-25(31)12-10-17(11-13-25)24-29-22-9-8-18(15-23(22)30-24)20-6-3-4-14-27-20/h1-9,14-15,17,28,31H,10-13,16H2,(H,29,30). The highest BCUT2D eigenvalue weighted by molar-refractivity contribution is 5.81. The van der Waals surface area contributed by atoms with E-state index in [1.165, 1.54) is 6.07 Å². The third kappa shape index (κ3) is 4.16. The molecule has 1 saturated carbocycles. The van der Waals surface area contributed by atoms with Gasteiger partial charge in [0.15, 0.2) is 0 Å². The average molecular weight is 417 g/mol. The summed E-state index contributed by atoms with van der Waals surface area (Å²) in [6, 6.07) is 18.6. The van der Waals surface area contributed by atoms with Crippen LogP contribution in [0.2, 0.25) is 0 Å². The fourth-order valence-corrected chi connectivity index (χ4v) is 4.39. The number of nitrogens with zero attached hydrogens (tertiary/aromatic N) is 2. The summed E-state index contributed by atoms with van der Waals surface area (Å²) < 4.78 is 13.8. The first-order valence-corrected chi connectivity index (χ1v) is 10.7. The third-order valence-corrected chi connectivity index (χ3v) is 6.25. The van der Waals surface area contributed by atoms with Crippen LogP contribution >= 0.6 is 0 Å². The van der Waals surface area contributed by atoms with E-state index in [2.05, 4.69) is 21.4 Å². The van der Waals surface area contributed by atoms with Gasteiger partial charge >= 0.3 is 0 Å². The van der Waals surface area contributed by atoms with Crippen molar-refractivity contribution < 1.29 is 9.50 Å². The van der Waals surface area contributed by atoms with Crippen molar-refractivity contribution in [1.82, 2.24) is 15.0 Å². The molecule has 0 aliphatic heterocycles. The molecule has 0 radical (unpaired) electrons. The monoisotopic (exact) mass is 416 g/mol. The van der Waals surface area contributed by atoms with E-state index in [-0.39, 0.29) is 11.7 Å². The Hall–Kier alpha value is -3.25. The number of hydrogen-bond acceptors (Lipinski definition) is 4. The van der Waals surface area contributed by atoms with Gasteiger partial charge in [0.2, 0.25) is 0 Å². The van der Waals surface area contributed by atoms with Crippen molar-refractivity contribution >= 4 is 16.7 Å². The summed E-state index contributed by atoms with van der Waals surface area (Å²) in [6.45, 7) is 0.341. The fraction of sp³-hybridized carbons (Fsp3) is 0.280. The number of pyridine rings is 1. The van der Waals surface area contributed by atoms with Gasteiger partial charge in [-0.2, -0.15) is 0 Å². The zero-order valence-corrected chi connectivity index (χ0v) is 17.2. The van der Waals surface area contributed by atoms with E-state index in [1.54, 1.807) is 24.4 Å². The van der Waals surface area contributed by atoms with Crippen LogP contribution in [-0.4, -0.2) is 32.2 Å². The highest BCUT2D eigenvalue weighted by atomic mass is 19.1. The van der Waals surface area contributed by atoms with Crippen molar-refractivity contribution in [2.24, 2.45) is 0 Å². The summed E-state index contributed by atoms with van der Waals surface area (Å²) >= 11 is 0. The molecule has 3 N–H and O–H groups in total. The van der Waals surface area contributed by atoms with Crippen LogP contribution in [0.3, 0.4) is 0 Å². The van der Waals surface area contributed by atoms with Gasteiger partial charge in [0.25, 0.3) is 0 Å². The van der Waals surface area contributed by atoms with Gasteiger partial charge in [-0.25, -0.2) is 9.37 Å². The first kappa shape index (κ1) is 19.7. The summed E-state index contributed by atoms with van der Waals surface area (Å²) in [7, 11) is 0. The molecule has 2 aromatic carbocycles. The van der Waals surface area contributed by atoms with Crippen LogP contribution in [0, 0.1) is 5.82 Å². The highest BCUT2D eigenvalue weighted by Crippen LogP contribution is 2.38. The van der Waals surface area contributed by atoms with E-state index < -0.39 is 5.60 Å². The Kier molecular flexibility index (Phi) is 5.16. The van der Waals surface area contributed by atoms with E-state index in [1.807, 2.05) is 30.3 Å². The minimum atomic E-state index is -0.836. The molecule has 1 fully saturated rings. The third-order valence-electron chi connectivity index (χ3n) is 6.25. The number of halogens is 1. The van der Waals surface area contributed by atoms with E-state index in [0.717, 1.165) is 41.0 Å². The van der Waals surface area contributed by atoms with Gasteiger partial charge in [-0.3, -0.25) is 4.98 Å². The van der Waals surface area contributed by atoms with E-state index >= 15 is 0 Å². The van der Waals surface area contributed by atoms with Crippen molar-refractivity contribution in [3.05, 3.63) is 78.5 Å². The molecule has 0 unspecified atom stereocenters. The maximum absolute atomic E-state index is 13.8. The maximum atomic E-state index is 13.8. The number of hydrogen-bond donors (Lipinski definition) is 3. The van der Waals surface area contributed by atoms with Gasteiger partial charge in [0.1, 0.15) is 11.6 Å². The zero-order valence-electron chi connectivity index (χ0n) is 17.2. The van der Waals surface area contributed by atoms with Gasteiger partial charge in [-0.05, 0) is 62.1 Å². The number of H-pyrrole nitrogens is 1. The second-order valence-corrected chi connectivity index (χ2v) is 8.40. The van der Waals surface area contributed by atoms with E-state index in [0.29, 0.717) is 25.1 Å². The molecule has 0 amide bonds. The first-order chi connectivity index (χ1) is 15.1. The Bertz CT molecular complexity index is 1180. The number of aliphatic hydroxyl groups is 1. The fourth-order valence-electron chi connectivity index (χ4n) is 4.39. The molecule has 2 heterocycles. The largest absolute Gasteiger partial charge is 0.388 e. The summed E-state index contributed by atoms with van der Waals surface area (Å²) in [4.78, 5) is 12.7. The molecule has 1 aliphatic carbocycles. The van der Waals surface area contributed by atoms with Crippen molar-refractivity contribution in [3.8, 4) is 11.3 Å². The lowest BCUT2D eigenvalue weighted by atomic mass is 9.78. The number of benzene rings is 2. The predicted octanol–water partition coefficient (Wildman–Crippen LogP) is 5.26. The smallest absolute Gasteiger partial charge is 0.146 e. The Balaban J connectivity index is 1.26. The molecule has 5 rings (SSSR count). The van der Waals surface area contributed by atoms with Gasteiger partial charge in [-0.15, -0.1) is 0 Å². The summed E-state index contributed by atoms with van der Waals surface area (Å²) in [5.41, 5.74) is 3.53. The molecule has 5 nitrogen and oxygen atoms in total. The lowest BCUT2D eigenvalue weighted by Crippen LogP contribution is -2.40.